The summed E-state index contributed by atoms with van der Waals surface area (Å²) in [5.74, 6) is -2.14. The second-order valence-corrected chi connectivity index (χ2v) is 7.98. The van der Waals surface area contributed by atoms with Gasteiger partial charge in [0.2, 0.25) is 0 Å². The normalized spacial score (nSPS) is 17.4. The fourth-order valence-corrected chi connectivity index (χ4v) is 3.90. The summed E-state index contributed by atoms with van der Waals surface area (Å²) in [7, 11) is 0. The largest absolute Gasteiger partial charge is 0.507 e. The molecule has 1 aliphatic rings. The minimum atomic E-state index is -1.15. The Hall–Kier alpha value is -3.64. The summed E-state index contributed by atoms with van der Waals surface area (Å²) in [5, 5.41) is 11.5. The van der Waals surface area contributed by atoms with Gasteiger partial charge in [-0.25, -0.2) is 4.39 Å². The highest BCUT2D eigenvalue weighted by Gasteiger charge is 2.47. The first-order chi connectivity index (χ1) is 15.9. The molecular formula is C26H21ClFNO4. The van der Waals surface area contributed by atoms with Crippen LogP contribution in [0.1, 0.15) is 30.5 Å². The van der Waals surface area contributed by atoms with Gasteiger partial charge < -0.3 is 9.84 Å². The van der Waals surface area contributed by atoms with Crippen molar-refractivity contribution in [3.63, 3.8) is 0 Å². The quantitative estimate of drug-likeness (QED) is 0.280. The molecule has 1 aliphatic heterocycles. The zero-order valence-corrected chi connectivity index (χ0v) is 18.6. The van der Waals surface area contributed by atoms with Crippen molar-refractivity contribution in [3.05, 3.63) is 100 Å². The molecule has 3 aromatic rings. The molecule has 0 bridgehead atoms. The third-order valence-electron chi connectivity index (χ3n) is 5.35. The summed E-state index contributed by atoms with van der Waals surface area (Å²) in [6, 6.07) is 17.5. The topological polar surface area (TPSA) is 66.8 Å². The lowest BCUT2D eigenvalue weighted by Gasteiger charge is -2.25. The van der Waals surface area contributed by atoms with E-state index in [0.717, 1.165) is 6.42 Å². The van der Waals surface area contributed by atoms with Crippen molar-refractivity contribution < 1.29 is 23.8 Å². The van der Waals surface area contributed by atoms with Crippen LogP contribution in [0.25, 0.3) is 5.76 Å². The van der Waals surface area contributed by atoms with Crippen molar-refractivity contribution in [1.82, 2.24) is 0 Å². The minimum absolute atomic E-state index is 0.0936. The fraction of sp³-hybridized carbons (Fsp3) is 0.154. The van der Waals surface area contributed by atoms with Gasteiger partial charge in [-0.15, -0.1) is 0 Å². The Morgan fingerprint density at radius 1 is 1.03 bits per heavy atom. The monoisotopic (exact) mass is 465 g/mol. The van der Waals surface area contributed by atoms with Crippen molar-refractivity contribution in [3.8, 4) is 5.75 Å². The highest BCUT2D eigenvalue weighted by atomic mass is 35.5. The third kappa shape index (κ3) is 4.34. The summed E-state index contributed by atoms with van der Waals surface area (Å²) in [6.07, 6.45) is 0.846. The van der Waals surface area contributed by atoms with Gasteiger partial charge in [0, 0.05) is 21.8 Å². The smallest absolute Gasteiger partial charge is 0.300 e. The summed E-state index contributed by atoms with van der Waals surface area (Å²) >= 11 is 5.98. The van der Waals surface area contributed by atoms with Crippen LogP contribution in [0.4, 0.5) is 10.1 Å². The fourth-order valence-electron chi connectivity index (χ4n) is 3.78. The second kappa shape index (κ2) is 9.46. The Morgan fingerprint density at radius 2 is 1.70 bits per heavy atom. The molecule has 0 saturated carbocycles. The Balaban J connectivity index is 1.86. The molecule has 0 aromatic heterocycles. The SMILES string of the molecule is CCCOc1ccc(/C(O)=C2/C(=O)C(=O)N(c3ccc(Cl)cc3)C2c2ccccc2F)cc1. The first-order valence-corrected chi connectivity index (χ1v) is 10.8. The number of aliphatic hydroxyl groups is 1. The van der Waals surface area contributed by atoms with Gasteiger partial charge in [-0.05, 0) is 61.0 Å². The second-order valence-electron chi connectivity index (χ2n) is 7.54. The van der Waals surface area contributed by atoms with Crippen LogP contribution in [0.5, 0.6) is 5.75 Å². The molecule has 1 N–H and O–H groups in total. The Kier molecular flexibility index (Phi) is 6.47. The lowest BCUT2D eigenvalue weighted by molar-refractivity contribution is -0.132. The number of hydrogen-bond donors (Lipinski definition) is 1. The van der Waals surface area contributed by atoms with Gasteiger partial charge in [0.25, 0.3) is 11.7 Å². The molecule has 7 heteroatoms. The van der Waals surface area contributed by atoms with E-state index < -0.39 is 23.5 Å². The average Bonchev–Trinajstić information content (AvgIpc) is 3.09. The maximum absolute atomic E-state index is 14.9. The Labute approximate surface area is 195 Å². The number of nitrogens with zero attached hydrogens (tertiary/aromatic N) is 1. The molecule has 5 nitrogen and oxygen atoms in total. The number of aliphatic hydroxyl groups excluding tert-OH is 1. The predicted molar refractivity (Wildman–Crippen MR) is 125 cm³/mol. The van der Waals surface area contributed by atoms with Gasteiger partial charge in [0.05, 0.1) is 18.2 Å². The molecule has 1 unspecified atom stereocenters. The summed E-state index contributed by atoms with van der Waals surface area (Å²) < 4.78 is 20.4. The molecule has 1 atom stereocenters. The van der Waals surface area contributed by atoms with Crippen molar-refractivity contribution in [1.29, 1.82) is 0 Å². The van der Waals surface area contributed by atoms with Crippen molar-refractivity contribution in [2.24, 2.45) is 0 Å². The van der Waals surface area contributed by atoms with Crippen LogP contribution in [0.2, 0.25) is 5.02 Å². The summed E-state index contributed by atoms with van der Waals surface area (Å²) in [5.41, 5.74) is 0.574. The van der Waals surface area contributed by atoms with Crippen molar-refractivity contribution >= 4 is 34.7 Å². The first-order valence-electron chi connectivity index (χ1n) is 10.5. The number of Topliss-reactive ketones (excluding diaryl/α,β-unsaturated/α-hetero) is 1. The lowest BCUT2D eigenvalue weighted by Crippen LogP contribution is -2.29. The van der Waals surface area contributed by atoms with Crippen LogP contribution in [-0.4, -0.2) is 23.4 Å². The van der Waals surface area contributed by atoms with E-state index in [2.05, 4.69) is 0 Å². The van der Waals surface area contributed by atoms with E-state index in [1.165, 1.54) is 23.1 Å². The number of ether oxygens (including phenoxy) is 1. The van der Waals surface area contributed by atoms with E-state index in [0.29, 0.717) is 28.6 Å². The molecule has 33 heavy (non-hydrogen) atoms. The molecule has 4 rings (SSSR count). The molecule has 1 fully saturated rings. The first kappa shape index (κ1) is 22.6. The number of amides is 1. The molecule has 0 radical (unpaired) electrons. The number of anilines is 1. The summed E-state index contributed by atoms with van der Waals surface area (Å²) in [6.45, 7) is 2.54. The van der Waals surface area contributed by atoms with E-state index in [1.807, 2.05) is 6.92 Å². The zero-order chi connectivity index (χ0) is 23.5. The number of ketones is 1. The van der Waals surface area contributed by atoms with Crippen LogP contribution >= 0.6 is 11.6 Å². The van der Waals surface area contributed by atoms with E-state index in [9.17, 15) is 19.1 Å². The molecule has 3 aromatic carbocycles. The van der Waals surface area contributed by atoms with E-state index in [1.54, 1.807) is 54.6 Å². The standard InChI is InChI=1S/C26H21ClFNO4/c1-2-15-33-19-13-7-16(8-14-19)24(30)22-23(20-5-3-4-6-21(20)28)29(26(32)25(22)31)18-11-9-17(27)10-12-18/h3-14,23,30H,2,15H2,1H3/b24-22-. The van der Waals surface area contributed by atoms with Gasteiger partial charge in [-0.1, -0.05) is 36.7 Å². The van der Waals surface area contributed by atoms with Crippen LogP contribution < -0.4 is 9.64 Å². The highest BCUT2D eigenvalue weighted by molar-refractivity contribution is 6.51. The maximum atomic E-state index is 14.9. The summed E-state index contributed by atoms with van der Waals surface area (Å²) in [4.78, 5) is 27.3. The van der Waals surface area contributed by atoms with E-state index >= 15 is 0 Å². The van der Waals surface area contributed by atoms with Gasteiger partial charge in [0.15, 0.2) is 0 Å². The van der Waals surface area contributed by atoms with E-state index in [4.69, 9.17) is 16.3 Å². The third-order valence-corrected chi connectivity index (χ3v) is 5.60. The molecular weight excluding hydrogens is 445 g/mol. The number of benzene rings is 3. The predicted octanol–water partition coefficient (Wildman–Crippen LogP) is 5.89. The minimum Gasteiger partial charge on any atom is -0.507 e. The maximum Gasteiger partial charge on any atom is 0.300 e. The van der Waals surface area contributed by atoms with Gasteiger partial charge >= 0.3 is 0 Å². The van der Waals surface area contributed by atoms with Crippen LogP contribution in [0.3, 0.4) is 0 Å². The zero-order valence-electron chi connectivity index (χ0n) is 17.8. The van der Waals surface area contributed by atoms with Gasteiger partial charge in [-0.2, -0.15) is 0 Å². The van der Waals surface area contributed by atoms with Gasteiger partial charge in [-0.3, -0.25) is 14.5 Å². The van der Waals surface area contributed by atoms with Crippen LogP contribution in [0.15, 0.2) is 78.4 Å². The number of halogens is 2. The molecule has 168 valence electrons. The lowest BCUT2D eigenvalue weighted by atomic mass is 9.94. The van der Waals surface area contributed by atoms with Crippen molar-refractivity contribution in [2.75, 3.05) is 11.5 Å². The number of carbonyl (C=O) groups excluding carboxylic acids is 2. The van der Waals surface area contributed by atoms with Gasteiger partial charge in [0.1, 0.15) is 17.3 Å². The van der Waals surface area contributed by atoms with Crippen molar-refractivity contribution in [2.45, 2.75) is 19.4 Å². The molecule has 1 heterocycles. The van der Waals surface area contributed by atoms with Crippen LogP contribution in [0, 0.1) is 5.82 Å². The number of hydrogen-bond acceptors (Lipinski definition) is 4. The number of carbonyl (C=O) groups is 2. The van der Waals surface area contributed by atoms with E-state index in [-0.39, 0.29) is 16.9 Å². The number of rotatable bonds is 6. The molecule has 1 amide bonds. The highest BCUT2D eigenvalue weighted by Crippen LogP contribution is 2.43. The Morgan fingerprint density at radius 3 is 2.33 bits per heavy atom. The average molecular weight is 466 g/mol. The molecule has 0 spiro atoms. The molecule has 1 saturated heterocycles. The Bertz CT molecular complexity index is 1220. The molecule has 0 aliphatic carbocycles. The van der Waals surface area contributed by atoms with Crippen LogP contribution in [-0.2, 0) is 9.59 Å².